The predicted molar refractivity (Wildman–Crippen MR) is 53.7 cm³/mol. The minimum atomic E-state index is -0.344. The molecule has 0 amide bonds. The van der Waals surface area contributed by atoms with Crippen LogP contribution in [0.25, 0.3) is 0 Å². The van der Waals surface area contributed by atoms with E-state index in [-0.39, 0.29) is 5.60 Å². The number of nitrogens with zero attached hydrogens (tertiary/aromatic N) is 1. The van der Waals surface area contributed by atoms with Crippen molar-refractivity contribution in [3.63, 3.8) is 0 Å². The number of hydrogen-bond donors (Lipinski definition) is 1. The van der Waals surface area contributed by atoms with Crippen LogP contribution in [0.1, 0.15) is 44.9 Å². The smallest absolute Gasteiger partial charge is 0.0802 e. The molecule has 0 unspecified atom stereocenters. The highest BCUT2D eigenvalue weighted by molar-refractivity contribution is 4.96. The molecule has 0 aromatic heterocycles. The normalized spacial score (nSPS) is 35.1. The zero-order chi connectivity index (χ0) is 9.31. The molecule has 1 atom stereocenters. The van der Waals surface area contributed by atoms with E-state index in [2.05, 4.69) is 11.9 Å². The Morgan fingerprint density at radius 1 is 1.15 bits per heavy atom. The maximum atomic E-state index is 10.5. The Balaban J connectivity index is 2.03. The summed E-state index contributed by atoms with van der Waals surface area (Å²) in [5, 5.41) is 10.5. The topological polar surface area (TPSA) is 23.5 Å². The predicted octanol–water partition coefficient (Wildman–Crippen LogP) is 1.78. The molecule has 1 aliphatic carbocycles. The Morgan fingerprint density at radius 3 is 2.38 bits per heavy atom. The molecule has 76 valence electrons. The molecule has 2 rings (SSSR count). The van der Waals surface area contributed by atoms with Gasteiger partial charge in [0.15, 0.2) is 0 Å². The van der Waals surface area contributed by atoms with Crippen molar-refractivity contribution in [1.29, 1.82) is 0 Å². The van der Waals surface area contributed by atoms with Crippen LogP contribution >= 0.6 is 0 Å². The molecule has 1 N–H and O–H groups in total. The monoisotopic (exact) mass is 183 g/mol. The van der Waals surface area contributed by atoms with Crippen molar-refractivity contribution in [2.24, 2.45) is 0 Å². The maximum absolute atomic E-state index is 10.5. The van der Waals surface area contributed by atoms with E-state index >= 15 is 0 Å². The van der Waals surface area contributed by atoms with Crippen molar-refractivity contribution in [2.45, 2.75) is 56.6 Å². The van der Waals surface area contributed by atoms with E-state index in [9.17, 15) is 5.11 Å². The summed E-state index contributed by atoms with van der Waals surface area (Å²) >= 11 is 0. The van der Waals surface area contributed by atoms with Gasteiger partial charge < -0.3 is 10.0 Å². The molecule has 1 saturated carbocycles. The molecule has 1 aliphatic heterocycles. The molecule has 0 aromatic rings. The molecular weight excluding hydrogens is 162 g/mol. The summed E-state index contributed by atoms with van der Waals surface area (Å²) in [5.41, 5.74) is -0.344. The van der Waals surface area contributed by atoms with Crippen LogP contribution in [-0.2, 0) is 0 Å². The van der Waals surface area contributed by atoms with Gasteiger partial charge in [-0.25, -0.2) is 0 Å². The van der Waals surface area contributed by atoms with Crippen LogP contribution < -0.4 is 0 Å². The van der Waals surface area contributed by atoms with Gasteiger partial charge in [0.05, 0.1) is 5.60 Å². The summed E-state index contributed by atoms with van der Waals surface area (Å²) in [4.78, 5) is 2.35. The quantitative estimate of drug-likeness (QED) is 0.670. The fourth-order valence-corrected chi connectivity index (χ4v) is 3.09. The summed E-state index contributed by atoms with van der Waals surface area (Å²) < 4.78 is 0. The van der Waals surface area contributed by atoms with Crippen LogP contribution in [0.5, 0.6) is 0 Å². The van der Waals surface area contributed by atoms with E-state index in [1.54, 1.807) is 0 Å². The Kier molecular flexibility index (Phi) is 2.61. The summed E-state index contributed by atoms with van der Waals surface area (Å²) in [5.74, 6) is 0. The van der Waals surface area contributed by atoms with Gasteiger partial charge in [-0.1, -0.05) is 19.3 Å². The van der Waals surface area contributed by atoms with Crippen LogP contribution in [0.4, 0.5) is 0 Å². The third-order valence-corrected chi connectivity index (χ3v) is 3.86. The maximum Gasteiger partial charge on any atom is 0.0802 e. The first kappa shape index (κ1) is 9.47. The number of likely N-dealkylation sites (N-methyl/N-ethyl adjacent to an activating group) is 1. The fraction of sp³-hybridized carbons (Fsp3) is 1.00. The van der Waals surface area contributed by atoms with Crippen molar-refractivity contribution >= 4 is 0 Å². The van der Waals surface area contributed by atoms with Gasteiger partial charge >= 0.3 is 0 Å². The van der Waals surface area contributed by atoms with Crippen LogP contribution in [0, 0.1) is 0 Å². The lowest BCUT2D eigenvalue weighted by Gasteiger charge is -2.40. The van der Waals surface area contributed by atoms with Crippen LogP contribution in [-0.4, -0.2) is 35.2 Å². The van der Waals surface area contributed by atoms with E-state index < -0.39 is 0 Å². The van der Waals surface area contributed by atoms with E-state index in [0.717, 1.165) is 12.8 Å². The second-order valence-corrected chi connectivity index (χ2v) is 4.80. The molecule has 0 radical (unpaired) electrons. The van der Waals surface area contributed by atoms with Crippen molar-refractivity contribution < 1.29 is 5.11 Å². The number of hydrogen-bond acceptors (Lipinski definition) is 2. The Bertz CT molecular complexity index is 175. The van der Waals surface area contributed by atoms with Gasteiger partial charge in [-0.15, -0.1) is 0 Å². The molecule has 0 aromatic carbocycles. The van der Waals surface area contributed by atoms with E-state index in [4.69, 9.17) is 0 Å². The highest BCUT2D eigenvalue weighted by Gasteiger charge is 2.41. The average molecular weight is 183 g/mol. The first-order chi connectivity index (χ1) is 6.22. The van der Waals surface area contributed by atoms with Gasteiger partial charge in [0.25, 0.3) is 0 Å². The lowest BCUT2D eigenvalue weighted by molar-refractivity contribution is -0.0542. The van der Waals surface area contributed by atoms with Gasteiger partial charge in [0, 0.05) is 6.04 Å². The van der Waals surface area contributed by atoms with Gasteiger partial charge in [0.2, 0.25) is 0 Å². The Morgan fingerprint density at radius 2 is 1.85 bits per heavy atom. The van der Waals surface area contributed by atoms with Crippen molar-refractivity contribution in [1.82, 2.24) is 4.90 Å². The van der Waals surface area contributed by atoms with Crippen molar-refractivity contribution in [3.05, 3.63) is 0 Å². The van der Waals surface area contributed by atoms with Crippen LogP contribution in [0.3, 0.4) is 0 Å². The molecule has 2 fully saturated rings. The second kappa shape index (κ2) is 3.58. The van der Waals surface area contributed by atoms with E-state index in [1.165, 1.54) is 38.6 Å². The summed E-state index contributed by atoms with van der Waals surface area (Å²) in [7, 11) is 2.16. The van der Waals surface area contributed by atoms with Gasteiger partial charge in [-0.05, 0) is 39.3 Å². The Hall–Kier alpha value is -0.0800. The standard InChI is InChI=1S/C11H21NO/c1-12-9-5-6-10(12)11(13)7-3-2-4-8-11/h10,13H,2-9H2,1H3/t10-/m0/s1. The summed E-state index contributed by atoms with van der Waals surface area (Å²) in [6, 6.07) is 0.452. The molecule has 13 heavy (non-hydrogen) atoms. The Labute approximate surface area is 80.9 Å². The molecule has 2 aliphatic rings. The minimum absolute atomic E-state index is 0.344. The SMILES string of the molecule is CN1CCC[C@H]1C1(O)CCCCC1. The average Bonchev–Trinajstić information content (AvgIpc) is 2.53. The molecule has 2 heteroatoms. The summed E-state index contributed by atoms with van der Waals surface area (Å²) in [6.07, 6.45) is 8.29. The van der Waals surface area contributed by atoms with Gasteiger partial charge in [-0.3, -0.25) is 0 Å². The second-order valence-electron chi connectivity index (χ2n) is 4.80. The largest absolute Gasteiger partial charge is 0.388 e. The number of aliphatic hydroxyl groups is 1. The van der Waals surface area contributed by atoms with Crippen molar-refractivity contribution in [2.75, 3.05) is 13.6 Å². The first-order valence-corrected chi connectivity index (χ1v) is 5.65. The number of rotatable bonds is 1. The molecule has 0 spiro atoms. The van der Waals surface area contributed by atoms with E-state index in [0.29, 0.717) is 6.04 Å². The zero-order valence-corrected chi connectivity index (χ0v) is 8.63. The van der Waals surface area contributed by atoms with Crippen LogP contribution in [0.15, 0.2) is 0 Å². The van der Waals surface area contributed by atoms with E-state index in [1.807, 2.05) is 0 Å². The third kappa shape index (κ3) is 1.75. The van der Waals surface area contributed by atoms with Crippen molar-refractivity contribution in [3.8, 4) is 0 Å². The van der Waals surface area contributed by atoms with Crippen LogP contribution in [0.2, 0.25) is 0 Å². The van der Waals surface area contributed by atoms with Gasteiger partial charge in [-0.2, -0.15) is 0 Å². The summed E-state index contributed by atoms with van der Waals surface area (Å²) in [6.45, 7) is 1.17. The fourth-order valence-electron chi connectivity index (χ4n) is 3.09. The highest BCUT2D eigenvalue weighted by Crippen LogP contribution is 2.36. The minimum Gasteiger partial charge on any atom is -0.388 e. The molecule has 0 bridgehead atoms. The number of likely N-dealkylation sites (tertiary alicyclic amines) is 1. The van der Waals surface area contributed by atoms with Gasteiger partial charge in [0.1, 0.15) is 0 Å². The lowest BCUT2D eigenvalue weighted by Crippen LogP contribution is -2.49. The third-order valence-electron chi connectivity index (χ3n) is 3.86. The molecule has 1 saturated heterocycles. The zero-order valence-electron chi connectivity index (χ0n) is 8.63. The lowest BCUT2D eigenvalue weighted by atomic mass is 9.78. The highest BCUT2D eigenvalue weighted by atomic mass is 16.3. The molecule has 2 nitrogen and oxygen atoms in total. The first-order valence-electron chi connectivity index (χ1n) is 5.65. The molecule has 1 heterocycles. The molecular formula is C11H21NO.